The summed E-state index contributed by atoms with van der Waals surface area (Å²) in [4.78, 5) is 10.8. The molecule has 0 atom stereocenters. The molecule has 0 saturated heterocycles. The molecule has 12 aromatic rings. The Labute approximate surface area is 294 Å². The molecule has 0 aliphatic heterocycles. The Morgan fingerprint density at radius 3 is 2.00 bits per heavy atom. The van der Waals surface area contributed by atoms with Gasteiger partial charge in [-0.2, -0.15) is 0 Å². The van der Waals surface area contributed by atoms with E-state index >= 15 is 0 Å². The maximum absolute atomic E-state index is 6.73. The fourth-order valence-electron chi connectivity index (χ4n) is 8.39. The largest absolute Gasteiger partial charge is 0.455 e. The molecule has 0 spiro atoms. The molecule has 51 heavy (non-hydrogen) atoms. The minimum Gasteiger partial charge on any atom is -0.455 e. The third kappa shape index (κ3) is 3.68. The molecular formula is C46H25N3OS. The monoisotopic (exact) mass is 667 g/mol. The van der Waals surface area contributed by atoms with Gasteiger partial charge in [0.1, 0.15) is 11.2 Å². The van der Waals surface area contributed by atoms with E-state index in [4.69, 9.17) is 14.4 Å². The Morgan fingerprint density at radius 2 is 1.14 bits per heavy atom. The fourth-order valence-corrected chi connectivity index (χ4v) is 9.64. The molecular weight excluding hydrogens is 643 g/mol. The number of thiophene rings is 1. The molecule has 0 aliphatic rings. The molecule has 0 saturated carbocycles. The first-order valence-corrected chi connectivity index (χ1v) is 18.0. The van der Waals surface area contributed by atoms with Crippen molar-refractivity contribution in [1.29, 1.82) is 0 Å². The van der Waals surface area contributed by atoms with Crippen molar-refractivity contribution >= 4 is 108 Å². The number of furan rings is 1. The lowest BCUT2D eigenvalue weighted by Gasteiger charge is -2.12. The summed E-state index contributed by atoms with van der Waals surface area (Å²) in [5, 5.41) is 13.0. The van der Waals surface area contributed by atoms with Crippen LogP contribution in [-0.4, -0.2) is 14.5 Å². The van der Waals surface area contributed by atoms with E-state index in [2.05, 4.69) is 156 Å². The Kier molecular flexibility index (Phi) is 5.35. The van der Waals surface area contributed by atoms with Gasteiger partial charge in [-0.05, 0) is 57.9 Å². The van der Waals surface area contributed by atoms with E-state index in [0.717, 1.165) is 55.1 Å². The average Bonchev–Trinajstić information content (AvgIpc) is 3.87. The van der Waals surface area contributed by atoms with Crippen molar-refractivity contribution in [3.63, 3.8) is 0 Å². The molecule has 0 N–H and O–H groups in total. The van der Waals surface area contributed by atoms with Crippen molar-refractivity contribution in [3.8, 4) is 17.2 Å². The van der Waals surface area contributed by atoms with Crippen LogP contribution in [-0.2, 0) is 0 Å². The second kappa shape index (κ2) is 10.0. The van der Waals surface area contributed by atoms with E-state index in [1.54, 1.807) is 0 Å². The number of rotatable bonds is 2. The van der Waals surface area contributed by atoms with Crippen molar-refractivity contribution in [2.45, 2.75) is 0 Å². The minimum absolute atomic E-state index is 0.637. The first-order chi connectivity index (χ1) is 25.3. The molecule has 0 unspecified atom stereocenters. The summed E-state index contributed by atoms with van der Waals surface area (Å²) in [6.07, 6.45) is 0. The predicted octanol–water partition coefficient (Wildman–Crippen LogP) is 13.0. The van der Waals surface area contributed by atoms with E-state index in [9.17, 15) is 0 Å². The summed E-state index contributed by atoms with van der Waals surface area (Å²) >= 11 is 1.86. The quantitative estimate of drug-likeness (QED) is 0.184. The molecule has 0 aliphatic carbocycles. The third-order valence-corrected chi connectivity index (χ3v) is 11.8. The lowest BCUT2D eigenvalue weighted by molar-refractivity contribution is 0.670. The first kappa shape index (κ1) is 27.3. The second-order valence-electron chi connectivity index (χ2n) is 13.3. The molecule has 0 fully saturated rings. The number of aromatic nitrogens is 3. The van der Waals surface area contributed by atoms with Gasteiger partial charge >= 0.3 is 0 Å². The molecule has 4 heterocycles. The van der Waals surface area contributed by atoms with Gasteiger partial charge in [-0.15, -0.1) is 11.3 Å². The Balaban J connectivity index is 1.22. The Morgan fingerprint density at radius 1 is 0.471 bits per heavy atom. The highest BCUT2D eigenvalue weighted by Crippen LogP contribution is 2.46. The standard InChI is InChI=1S/C46H25N3OS/c1-3-12-28-27(11-1)21-25-38-40(28)33-16-9-17-34(44(33)50-38)43-32-15-5-7-18-35(32)47-46(48-43)49-36-23-20-26-10-2-4-13-29(26)41(36)42-37(49)24-22-31-30-14-6-8-19-39(30)51-45(31)42/h1-25H. The van der Waals surface area contributed by atoms with Crippen molar-refractivity contribution < 1.29 is 4.42 Å². The third-order valence-electron chi connectivity index (χ3n) is 10.6. The topological polar surface area (TPSA) is 43.9 Å². The molecule has 236 valence electrons. The lowest BCUT2D eigenvalue weighted by atomic mass is 10.0. The predicted molar refractivity (Wildman–Crippen MR) is 214 cm³/mol. The zero-order chi connectivity index (χ0) is 33.2. The summed E-state index contributed by atoms with van der Waals surface area (Å²) in [7, 11) is 0. The second-order valence-corrected chi connectivity index (χ2v) is 14.3. The van der Waals surface area contributed by atoms with E-state index in [1.165, 1.54) is 52.5 Å². The summed E-state index contributed by atoms with van der Waals surface area (Å²) in [5.74, 6) is 0.637. The zero-order valence-corrected chi connectivity index (χ0v) is 27.9. The minimum atomic E-state index is 0.637. The number of para-hydroxylation sites is 2. The highest BCUT2D eigenvalue weighted by Gasteiger charge is 2.23. The van der Waals surface area contributed by atoms with Crippen molar-refractivity contribution in [2.75, 3.05) is 0 Å². The van der Waals surface area contributed by atoms with Gasteiger partial charge in [-0.3, -0.25) is 4.57 Å². The van der Waals surface area contributed by atoms with Crippen LogP contribution in [0.2, 0.25) is 0 Å². The summed E-state index contributed by atoms with van der Waals surface area (Å²) in [6, 6.07) is 53.9. The van der Waals surface area contributed by atoms with Crippen LogP contribution in [0.1, 0.15) is 0 Å². The number of fused-ring (bicyclic) bond motifs is 15. The number of nitrogens with zero attached hydrogens (tertiary/aromatic N) is 3. The smallest absolute Gasteiger partial charge is 0.235 e. The van der Waals surface area contributed by atoms with Gasteiger partial charge in [0, 0.05) is 52.7 Å². The van der Waals surface area contributed by atoms with E-state index in [0.29, 0.717) is 5.95 Å². The van der Waals surface area contributed by atoms with Crippen LogP contribution in [0.4, 0.5) is 0 Å². The summed E-state index contributed by atoms with van der Waals surface area (Å²) in [5.41, 5.74) is 6.57. The van der Waals surface area contributed by atoms with Crippen LogP contribution in [0.15, 0.2) is 156 Å². The lowest BCUT2D eigenvalue weighted by Crippen LogP contribution is -2.03. The first-order valence-electron chi connectivity index (χ1n) is 17.2. The number of hydrogen-bond donors (Lipinski definition) is 0. The summed E-state index contributed by atoms with van der Waals surface area (Å²) in [6.45, 7) is 0. The van der Waals surface area contributed by atoms with Crippen molar-refractivity contribution in [1.82, 2.24) is 14.5 Å². The molecule has 12 rings (SSSR count). The van der Waals surface area contributed by atoms with E-state index in [-0.39, 0.29) is 0 Å². The van der Waals surface area contributed by atoms with Gasteiger partial charge in [0.25, 0.3) is 0 Å². The molecule has 5 heteroatoms. The fraction of sp³-hybridized carbons (Fsp3) is 0. The normalized spacial score (nSPS) is 12.3. The highest BCUT2D eigenvalue weighted by molar-refractivity contribution is 7.26. The van der Waals surface area contributed by atoms with Crippen LogP contribution >= 0.6 is 11.3 Å². The van der Waals surface area contributed by atoms with Gasteiger partial charge in [-0.1, -0.05) is 115 Å². The van der Waals surface area contributed by atoms with Crippen LogP contribution < -0.4 is 0 Å². The van der Waals surface area contributed by atoms with Crippen LogP contribution in [0.25, 0.3) is 114 Å². The van der Waals surface area contributed by atoms with Gasteiger partial charge in [0.2, 0.25) is 5.95 Å². The van der Waals surface area contributed by atoms with Crippen LogP contribution in [0.5, 0.6) is 0 Å². The SMILES string of the molecule is c1ccc2c(c1)ccc1oc3c(-c4nc(-n5c6ccc7ccccc7c6c6c7sc8ccccc8c7ccc65)nc5ccccc45)cccc3c12. The maximum Gasteiger partial charge on any atom is 0.235 e. The van der Waals surface area contributed by atoms with E-state index < -0.39 is 0 Å². The molecule has 0 bridgehead atoms. The van der Waals surface area contributed by atoms with Gasteiger partial charge in [0.15, 0.2) is 0 Å². The molecule has 4 aromatic heterocycles. The summed E-state index contributed by atoms with van der Waals surface area (Å²) < 4.78 is 11.6. The van der Waals surface area contributed by atoms with Crippen molar-refractivity contribution in [2.24, 2.45) is 0 Å². The number of hydrogen-bond acceptors (Lipinski definition) is 4. The van der Waals surface area contributed by atoms with Crippen LogP contribution in [0, 0.1) is 0 Å². The Hall–Kier alpha value is -6.56. The molecule has 0 amide bonds. The molecule has 8 aromatic carbocycles. The average molecular weight is 668 g/mol. The zero-order valence-electron chi connectivity index (χ0n) is 27.1. The van der Waals surface area contributed by atoms with E-state index in [1.807, 2.05) is 11.3 Å². The maximum atomic E-state index is 6.73. The van der Waals surface area contributed by atoms with Gasteiger partial charge in [0.05, 0.1) is 22.2 Å². The highest BCUT2D eigenvalue weighted by atomic mass is 32.1. The molecule has 0 radical (unpaired) electrons. The van der Waals surface area contributed by atoms with Gasteiger partial charge in [-0.25, -0.2) is 9.97 Å². The number of benzene rings is 8. The Bertz CT molecular complexity index is 3440. The van der Waals surface area contributed by atoms with Crippen molar-refractivity contribution in [3.05, 3.63) is 152 Å². The van der Waals surface area contributed by atoms with Crippen LogP contribution in [0.3, 0.4) is 0 Å². The molecule has 4 nitrogen and oxygen atoms in total. The van der Waals surface area contributed by atoms with Gasteiger partial charge < -0.3 is 4.42 Å².